The van der Waals surface area contributed by atoms with E-state index in [0.717, 1.165) is 11.1 Å². The molecule has 0 fully saturated rings. The highest BCUT2D eigenvalue weighted by molar-refractivity contribution is 5.96. The molecule has 0 bridgehead atoms. The Balaban J connectivity index is 1.74. The number of aromatic amines is 1. The van der Waals surface area contributed by atoms with Crippen LogP contribution in [-0.4, -0.2) is 22.6 Å². The minimum atomic E-state index is -0.630. The Labute approximate surface area is 143 Å². The number of rotatable bonds is 4. The minimum absolute atomic E-state index is 0.156. The molecule has 124 valence electrons. The van der Waals surface area contributed by atoms with Gasteiger partial charge >= 0.3 is 5.91 Å². The zero-order chi connectivity index (χ0) is 17.8. The maximum Gasteiger partial charge on any atom is 0.302 e. The quantitative estimate of drug-likeness (QED) is 0.708. The van der Waals surface area contributed by atoms with E-state index in [1.807, 2.05) is 25.1 Å². The largest absolute Gasteiger partial charge is 0.493 e. The van der Waals surface area contributed by atoms with E-state index >= 15 is 0 Å². The first-order valence-corrected chi connectivity index (χ1v) is 7.47. The van der Waals surface area contributed by atoms with Crippen molar-refractivity contribution in [3.63, 3.8) is 0 Å². The van der Waals surface area contributed by atoms with Crippen LogP contribution in [0.1, 0.15) is 11.1 Å². The number of nitrogens with one attached hydrogen (secondary N) is 1. The number of amides is 1. The molecular weight excluding hydrogens is 320 g/mol. The van der Waals surface area contributed by atoms with Gasteiger partial charge in [0.2, 0.25) is 5.88 Å². The molecule has 7 nitrogen and oxygen atoms in total. The number of nitriles is 1. The van der Waals surface area contributed by atoms with Gasteiger partial charge in [-0.1, -0.05) is 30.3 Å². The van der Waals surface area contributed by atoms with Crippen molar-refractivity contribution in [1.82, 2.24) is 4.98 Å². The molecule has 1 heterocycles. The lowest BCUT2D eigenvalue weighted by molar-refractivity contribution is -0.120. The van der Waals surface area contributed by atoms with Crippen LogP contribution in [0.4, 0.5) is 5.69 Å². The summed E-state index contributed by atoms with van der Waals surface area (Å²) < 4.78 is 5.30. The van der Waals surface area contributed by atoms with Gasteiger partial charge in [0.15, 0.2) is 12.3 Å². The first-order valence-electron chi connectivity index (χ1n) is 7.47. The van der Waals surface area contributed by atoms with E-state index in [1.165, 1.54) is 0 Å². The van der Waals surface area contributed by atoms with Gasteiger partial charge in [-0.15, -0.1) is 10.2 Å². The molecule has 25 heavy (non-hydrogen) atoms. The zero-order valence-corrected chi connectivity index (χ0v) is 13.4. The van der Waals surface area contributed by atoms with E-state index in [1.54, 1.807) is 30.3 Å². The molecule has 0 radical (unpaired) electrons. The van der Waals surface area contributed by atoms with Crippen LogP contribution in [-0.2, 0) is 4.79 Å². The van der Waals surface area contributed by atoms with Gasteiger partial charge in [-0.3, -0.25) is 4.79 Å². The van der Waals surface area contributed by atoms with Gasteiger partial charge in [-0.05, 0) is 24.6 Å². The lowest BCUT2D eigenvalue weighted by Crippen LogP contribution is -2.08. The highest BCUT2D eigenvalue weighted by Crippen LogP contribution is 2.36. The molecule has 1 amide bonds. The predicted octanol–water partition coefficient (Wildman–Crippen LogP) is 3.74. The average molecular weight is 334 g/mol. The summed E-state index contributed by atoms with van der Waals surface area (Å²) >= 11 is 0. The van der Waals surface area contributed by atoms with E-state index in [9.17, 15) is 9.90 Å². The topological polar surface area (TPSA) is 111 Å². The van der Waals surface area contributed by atoms with Gasteiger partial charge in [-0.25, -0.2) is 0 Å². The van der Waals surface area contributed by atoms with E-state index in [0.29, 0.717) is 16.7 Å². The summed E-state index contributed by atoms with van der Waals surface area (Å²) in [4.78, 5) is 14.7. The lowest BCUT2D eigenvalue weighted by Gasteiger charge is -2.04. The summed E-state index contributed by atoms with van der Waals surface area (Å²) in [7, 11) is 0. The maximum atomic E-state index is 11.9. The standard InChI is InChI=1S/C18H14N4O3/c1-11-5-4-7-13-16(11)20-18(24)17(13)22-21-15(23)10-25-14-8-3-2-6-12(14)9-19/h2-8,20,24H,10H2,1H3. The van der Waals surface area contributed by atoms with Gasteiger partial charge < -0.3 is 14.8 Å². The fourth-order valence-corrected chi connectivity index (χ4v) is 2.40. The molecule has 0 atom stereocenters. The summed E-state index contributed by atoms with van der Waals surface area (Å²) in [5.74, 6) is -0.482. The van der Waals surface area contributed by atoms with E-state index < -0.39 is 5.91 Å². The van der Waals surface area contributed by atoms with Crippen molar-refractivity contribution in [3.05, 3.63) is 53.6 Å². The van der Waals surface area contributed by atoms with Crippen molar-refractivity contribution in [1.29, 1.82) is 5.26 Å². The number of hydrogen-bond acceptors (Lipinski definition) is 5. The van der Waals surface area contributed by atoms with Crippen molar-refractivity contribution < 1.29 is 14.6 Å². The van der Waals surface area contributed by atoms with Gasteiger partial charge in [0.25, 0.3) is 0 Å². The number of hydrogen-bond donors (Lipinski definition) is 2. The van der Waals surface area contributed by atoms with Crippen molar-refractivity contribution >= 4 is 22.5 Å². The van der Waals surface area contributed by atoms with Crippen molar-refractivity contribution in [2.24, 2.45) is 10.2 Å². The first kappa shape index (κ1) is 16.2. The van der Waals surface area contributed by atoms with Crippen LogP contribution in [0.15, 0.2) is 52.7 Å². The number of aryl methyl sites for hydroxylation is 1. The Kier molecular flexibility index (Phi) is 4.44. The molecular formula is C18H14N4O3. The SMILES string of the molecule is Cc1cccc2c(N=NC(=O)COc3ccccc3C#N)c(O)[nH]c12. The maximum absolute atomic E-state index is 11.9. The summed E-state index contributed by atoms with van der Waals surface area (Å²) in [6.45, 7) is 1.54. The second-order valence-electron chi connectivity index (χ2n) is 5.31. The first-order chi connectivity index (χ1) is 12.1. The Morgan fingerprint density at radius 2 is 2.08 bits per heavy atom. The number of carbonyl (C=O) groups is 1. The molecule has 1 aromatic heterocycles. The lowest BCUT2D eigenvalue weighted by atomic mass is 10.1. The van der Waals surface area contributed by atoms with Crippen molar-refractivity contribution in [2.75, 3.05) is 6.61 Å². The molecule has 2 N–H and O–H groups in total. The van der Waals surface area contributed by atoms with Crippen LogP contribution in [0.3, 0.4) is 0 Å². The number of azo groups is 1. The summed E-state index contributed by atoms with van der Waals surface area (Å²) in [5, 5.41) is 27.0. The Morgan fingerprint density at radius 3 is 2.88 bits per heavy atom. The van der Waals surface area contributed by atoms with Crippen molar-refractivity contribution in [3.8, 4) is 17.7 Å². The minimum Gasteiger partial charge on any atom is -0.493 e. The molecule has 2 aromatic carbocycles. The number of aromatic hydroxyl groups is 1. The summed E-state index contributed by atoms with van der Waals surface area (Å²) in [6.07, 6.45) is 0. The third-order valence-corrected chi connectivity index (χ3v) is 3.62. The molecule has 0 unspecified atom stereocenters. The molecule has 0 saturated heterocycles. The third-order valence-electron chi connectivity index (χ3n) is 3.62. The number of fused-ring (bicyclic) bond motifs is 1. The number of aromatic nitrogens is 1. The Bertz CT molecular complexity index is 1010. The van der Waals surface area contributed by atoms with Crippen LogP contribution >= 0.6 is 0 Å². The molecule has 0 spiro atoms. The van der Waals surface area contributed by atoms with Crippen LogP contribution in [0.2, 0.25) is 0 Å². The molecule has 0 aliphatic rings. The Hall–Kier alpha value is -3.66. The van der Waals surface area contributed by atoms with Gasteiger partial charge in [0.05, 0.1) is 11.1 Å². The Morgan fingerprint density at radius 1 is 1.28 bits per heavy atom. The molecule has 3 rings (SSSR count). The van der Waals surface area contributed by atoms with Crippen LogP contribution in [0, 0.1) is 18.3 Å². The molecule has 0 saturated carbocycles. The average Bonchev–Trinajstić information content (AvgIpc) is 2.95. The number of para-hydroxylation sites is 2. The number of carbonyl (C=O) groups excluding carboxylic acids is 1. The second-order valence-corrected chi connectivity index (χ2v) is 5.31. The molecule has 3 aromatic rings. The van der Waals surface area contributed by atoms with Crippen LogP contribution in [0.25, 0.3) is 10.9 Å². The summed E-state index contributed by atoms with van der Waals surface area (Å²) in [5.41, 5.74) is 2.21. The van der Waals surface area contributed by atoms with E-state index in [4.69, 9.17) is 10.00 Å². The fourth-order valence-electron chi connectivity index (χ4n) is 2.40. The highest BCUT2D eigenvalue weighted by Gasteiger charge is 2.12. The monoisotopic (exact) mass is 334 g/mol. The highest BCUT2D eigenvalue weighted by atomic mass is 16.5. The van der Waals surface area contributed by atoms with Crippen LogP contribution < -0.4 is 4.74 Å². The summed E-state index contributed by atoms with van der Waals surface area (Å²) in [6, 6.07) is 14.1. The molecule has 7 heteroatoms. The number of nitrogens with zero attached hydrogens (tertiary/aromatic N) is 3. The molecule has 0 aliphatic carbocycles. The van der Waals surface area contributed by atoms with Gasteiger partial charge in [-0.2, -0.15) is 5.26 Å². The van der Waals surface area contributed by atoms with Crippen molar-refractivity contribution in [2.45, 2.75) is 6.92 Å². The van der Waals surface area contributed by atoms with Gasteiger partial charge in [0, 0.05) is 5.39 Å². The number of benzene rings is 2. The zero-order valence-electron chi connectivity index (χ0n) is 13.4. The van der Waals surface area contributed by atoms with E-state index in [-0.39, 0.29) is 18.2 Å². The number of H-pyrrole nitrogens is 1. The third kappa shape index (κ3) is 3.33. The normalized spacial score (nSPS) is 10.9. The second kappa shape index (κ2) is 6.84. The predicted molar refractivity (Wildman–Crippen MR) is 90.9 cm³/mol. The van der Waals surface area contributed by atoms with Crippen LogP contribution in [0.5, 0.6) is 11.6 Å². The smallest absolute Gasteiger partial charge is 0.302 e. The molecule has 0 aliphatic heterocycles. The fraction of sp³-hybridized carbons (Fsp3) is 0.111. The van der Waals surface area contributed by atoms with E-state index in [2.05, 4.69) is 15.2 Å². The number of ether oxygens (including phenoxy) is 1. The van der Waals surface area contributed by atoms with Gasteiger partial charge in [0.1, 0.15) is 11.8 Å².